The number of carbonyl (C=O) groups is 1. The van der Waals surface area contributed by atoms with Crippen molar-refractivity contribution in [3.63, 3.8) is 0 Å². The van der Waals surface area contributed by atoms with Gasteiger partial charge in [0.25, 0.3) is 0 Å². The Hall–Kier alpha value is -2.06. The third kappa shape index (κ3) is 4.76. The summed E-state index contributed by atoms with van der Waals surface area (Å²) in [4.78, 5) is 14.2. The molecule has 26 heavy (non-hydrogen) atoms. The summed E-state index contributed by atoms with van der Waals surface area (Å²) in [6.45, 7) is 5.77. The molecule has 0 saturated carbocycles. The zero-order valence-corrected chi connectivity index (χ0v) is 15.9. The van der Waals surface area contributed by atoms with Crippen LogP contribution in [-0.2, 0) is 9.53 Å². The number of anilines is 1. The van der Waals surface area contributed by atoms with Crippen LogP contribution in [0.5, 0.6) is 0 Å². The number of morpholine rings is 1. The highest BCUT2D eigenvalue weighted by molar-refractivity contribution is 7.99. The van der Waals surface area contributed by atoms with Crippen LogP contribution in [0.25, 0.3) is 5.69 Å². The topological polar surface area (TPSA) is 72.3 Å². The summed E-state index contributed by atoms with van der Waals surface area (Å²) in [5, 5.41) is 12.4. The Morgan fingerprint density at radius 1 is 1.23 bits per heavy atom. The van der Waals surface area contributed by atoms with Crippen molar-refractivity contribution in [2.24, 2.45) is 0 Å². The molecular weight excluding hydrogens is 350 g/mol. The first-order valence-electron chi connectivity index (χ1n) is 9.02. The van der Waals surface area contributed by atoms with Crippen LogP contribution in [0.4, 0.5) is 5.95 Å². The average Bonchev–Trinajstić information content (AvgIpc) is 3.12. The van der Waals surface area contributed by atoms with E-state index in [0.29, 0.717) is 19.0 Å². The number of carbonyl (C=O) groups excluding carboxylic acids is 1. The number of para-hydroxylation sites is 1. The van der Waals surface area contributed by atoms with E-state index in [1.54, 1.807) is 0 Å². The van der Waals surface area contributed by atoms with E-state index in [9.17, 15) is 4.79 Å². The number of amides is 1. The molecule has 1 aliphatic rings. The number of thioether (sulfide) groups is 1. The monoisotopic (exact) mass is 375 g/mol. The molecule has 1 aromatic carbocycles. The molecule has 0 radical (unpaired) electrons. The third-order valence-corrected chi connectivity index (χ3v) is 5.04. The second kappa shape index (κ2) is 9.59. The Kier molecular flexibility index (Phi) is 6.90. The molecule has 1 amide bonds. The molecule has 3 rings (SSSR count). The lowest BCUT2D eigenvalue weighted by Gasteiger charge is -2.27. The van der Waals surface area contributed by atoms with Crippen molar-refractivity contribution >= 4 is 23.6 Å². The summed E-state index contributed by atoms with van der Waals surface area (Å²) >= 11 is 1.41. The fraction of sp³-hybridized carbons (Fsp3) is 0.500. The lowest BCUT2D eigenvalue weighted by atomic mass is 10.3. The summed E-state index contributed by atoms with van der Waals surface area (Å²) in [7, 11) is 0. The minimum atomic E-state index is 0.0268. The lowest BCUT2D eigenvalue weighted by molar-refractivity contribution is -0.118. The van der Waals surface area contributed by atoms with Gasteiger partial charge in [-0.05, 0) is 18.6 Å². The van der Waals surface area contributed by atoms with Crippen molar-refractivity contribution in [3.8, 4) is 5.69 Å². The zero-order chi connectivity index (χ0) is 18.2. The van der Waals surface area contributed by atoms with Crippen LogP contribution < -0.4 is 10.2 Å². The number of hydrogen-bond donors (Lipinski definition) is 1. The first-order chi connectivity index (χ1) is 12.8. The standard InChI is InChI=1S/C18H25N5O2S/c1-2-3-9-19-16(24)14-26-18-21-20-17(22-10-12-25-13-11-22)23(18)15-7-5-4-6-8-15/h4-8H,2-3,9-14H2,1H3,(H,19,24). The Morgan fingerprint density at radius 2 is 2.00 bits per heavy atom. The molecule has 1 fully saturated rings. The molecule has 2 heterocycles. The van der Waals surface area contributed by atoms with E-state index in [1.807, 2.05) is 34.9 Å². The van der Waals surface area contributed by atoms with E-state index in [2.05, 4.69) is 27.3 Å². The molecule has 7 nitrogen and oxygen atoms in total. The first-order valence-corrected chi connectivity index (χ1v) is 10.0. The highest BCUT2D eigenvalue weighted by Crippen LogP contribution is 2.26. The van der Waals surface area contributed by atoms with Crippen molar-refractivity contribution in [2.75, 3.05) is 43.5 Å². The van der Waals surface area contributed by atoms with E-state index >= 15 is 0 Å². The Morgan fingerprint density at radius 3 is 2.73 bits per heavy atom. The maximum atomic E-state index is 12.0. The molecular formula is C18H25N5O2S. The maximum Gasteiger partial charge on any atom is 0.232 e. The number of unbranched alkanes of at least 4 members (excludes halogenated alkanes) is 1. The highest BCUT2D eigenvalue weighted by Gasteiger charge is 2.22. The molecule has 0 aliphatic carbocycles. The van der Waals surface area contributed by atoms with Crippen LogP contribution in [0.3, 0.4) is 0 Å². The molecule has 2 aromatic rings. The number of rotatable bonds is 8. The largest absolute Gasteiger partial charge is 0.378 e. The molecule has 1 aromatic heterocycles. The summed E-state index contributed by atoms with van der Waals surface area (Å²) in [5.74, 6) is 1.16. The van der Waals surface area contributed by atoms with Crippen LogP contribution >= 0.6 is 11.8 Å². The Labute approximate surface area is 158 Å². The molecule has 0 bridgehead atoms. The number of nitrogens with zero attached hydrogens (tertiary/aromatic N) is 4. The molecule has 140 valence electrons. The van der Waals surface area contributed by atoms with Crippen molar-refractivity contribution in [2.45, 2.75) is 24.9 Å². The molecule has 0 unspecified atom stereocenters. The Balaban J connectivity index is 1.76. The van der Waals surface area contributed by atoms with Gasteiger partial charge in [-0.3, -0.25) is 9.36 Å². The molecule has 1 aliphatic heterocycles. The summed E-state index contributed by atoms with van der Waals surface area (Å²) in [5.41, 5.74) is 0.993. The predicted octanol–water partition coefficient (Wildman–Crippen LogP) is 2.11. The molecule has 1 saturated heterocycles. The van der Waals surface area contributed by atoms with Crippen molar-refractivity contribution in [3.05, 3.63) is 30.3 Å². The predicted molar refractivity (Wildman–Crippen MR) is 103 cm³/mol. The summed E-state index contributed by atoms with van der Waals surface area (Å²) < 4.78 is 7.47. The van der Waals surface area contributed by atoms with Gasteiger partial charge in [0.05, 0.1) is 24.7 Å². The van der Waals surface area contributed by atoms with Gasteiger partial charge >= 0.3 is 0 Å². The van der Waals surface area contributed by atoms with E-state index in [4.69, 9.17) is 4.74 Å². The Bertz CT molecular complexity index is 701. The highest BCUT2D eigenvalue weighted by atomic mass is 32.2. The average molecular weight is 375 g/mol. The van der Waals surface area contributed by atoms with Gasteiger partial charge < -0.3 is 15.0 Å². The number of nitrogens with one attached hydrogen (secondary N) is 1. The van der Waals surface area contributed by atoms with Crippen LogP contribution in [0.2, 0.25) is 0 Å². The summed E-state index contributed by atoms with van der Waals surface area (Å²) in [6.07, 6.45) is 2.07. The molecule has 0 atom stereocenters. The van der Waals surface area contributed by atoms with Gasteiger partial charge in [-0.15, -0.1) is 10.2 Å². The van der Waals surface area contributed by atoms with Gasteiger partial charge in [0, 0.05) is 19.6 Å². The van der Waals surface area contributed by atoms with Gasteiger partial charge in [-0.2, -0.15) is 0 Å². The van der Waals surface area contributed by atoms with Gasteiger partial charge in [-0.25, -0.2) is 0 Å². The van der Waals surface area contributed by atoms with Crippen molar-refractivity contribution in [1.29, 1.82) is 0 Å². The van der Waals surface area contributed by atoms with Crippen LogP contribution in [0, 0.1) is 0 Å². The first kappa shape index (κ1) is 18.7. The smallest absolute Gasteiger partial charge is 0.232 e. The summed E-state index contributed by atoms with van der Waals surface area (Å²) in [6, 6.07) is 10.0. The van der Waals surface area contributed by atoms with E-state index in [0.717, 1.165) is 49.3 Å². The minimum absolute atomic E-state index is 0.0268. The number of hydrogen-bond acceptors (Lipinski definition) is 6. The number of aromatic nitrogens is 3. The second-order valence-corrected chi connectivity index (χ2v) is 6.99. The van der Waals surface area contributed by atoms with Crippen LogP contribution in [0.1, 0.15) is 19.8 Å². The van der Waals surface area contributed by atoms with Crippen molar-refractivity contribution in [1.82, 2.24) is 20.1 Å². The van der Waals surface area contributed by atoms with E-state index < -0.39 is 0 Å². The zero-order valence-electron chi connectivity index (χ0n) is 15.1. The van der Waals surface area contributed by atoms with Gasteiger partial charge in [0.1, 0.15) is 0 Å². The van der Waals surface area contributed by atoms with Crippen molar-refractivity contribution < 1.29 is 9.53 Å². The van der Waals surface area contributed by atoms with Gasteiger partial charge in [0.15, 0.2) is 5.16 Å². The molecule has 8 heteroatoms. The molecule has 1 N–H and O–H groups in total. The van der Waals surface area contributed by atoms with E-state index in [1.165, 1.54) is 11.8 Å². The van der Waals surface area contributed by atoms with E-state index in [-0.39, 0.29) is 5.91 Å². The minimum Gasteiger partial charge on any atom is -0.378 e. The molecule has 0 spiro atoms. The normalized spacial score (nSPS) is 14.4. The number of benzene rings is 1. The lowest BCUT2D eigenvalue weighted by Crippen LogP contribution is -2.37. The SMILES string of the molecule is CCCCNC(=O)CSc1nnc(N2CCOCC2)n1-c1ccccc1. The second-order valence-electron chi connectivity index (χ2n) is 6.05. The van der Waals surface area contributed by atoms with Gasteiger partial charge in [-0.1, -0.05) is 43.3 Å². The van der Waals surface area contributed by atoms with Crippen LogP contribution in [0.15, 0.2) is 35.5 Å². The third-order valence-electron chi connectivity index (χ3n) is 4.11. The maximum absolute atomic E-state index is 12.0. The fourth-order valence-electron chi connectivity index (χ4n) is 2.71. The number of ether oxygens (including phenoxy) is 1. The quantitative estimate of drug-likeness (QED) is 0.563. The van der Waals surface area contributed by atoms with Crippen LogP contribution in [-0.4, -0.2) is 59.3 Å². The fourth-order valence-corrected chi connectivity index (χ4v) is 3.49. The van der Waals surface area contributed by atoms with Gasteiger partial charge in [0.2, 0.25) is 11.9 Å².